The fourth-order valence-corrected chi connectivity index (χ4v) is 3.02. The van der Waals surface area contributed by atoms with E-state index in [2.05, 4.69) is 35.3 Å². The number of unbranched alkanes of at least 4 members (excludes halogenated alkanes) is 12. The molecule has 1 aromatic rings. The molecular weight excluding hydrogens is 292 g/mol. The van der Waals surface area contributed by atoms with Crippen LogP contribution in [-0.4, -0.2) is 10.2 Å². The Kier molecular flexibility index (Phi) is 14.5. The third kappa shape index (κ3) is 13.3. The molecule has 2 heteroatoms. The van der Waals surface area contributed by atoms with Gasteiger partial charge in [0.2, 0.25) is 0 Å². The highest BCUT2D eigenvalue weighted by Crippen LogP contribution is 2.10. The van der Waals surface area contributed by atoms with Crippen LogP contribution < -0.4 is 0 Å². The zero-order chi connectivity index (χ0) is 17.1. The van der Waals surface area contributed by atoms with Crippen molar-refractivity contribution in [2.24, 2.45) is 0 Å². The van der Waals surface area contributed by atoms with Crippen LogP contribution in [0.5, 0.6) is 0 Å². The van der Waals surface area contributed by atoms with E-state index in [1.54, 1.807) is 6.20 Å². The molecule has 0 spiro atoms. The summed E-state index contributed by atoms with van der Waals surface area (Å²) < 4.78 is 0. The van der Waals surface area contributed by atoms with Gasteiger partial charge in [-0.3, -0.25) is 0 Å². The second-order valence-corrected chi connectivity index (χ2v) is 6.90. The standard InChI is InChI=1S/C22H38N2/c1-2-3-4-5-6-7-8-9-10-11-12-13-14-15-16-17-19-22-20-18-21-23-24-22/h9-10,18,20-21H,2-8,11-17,19H2,1H3. The summed E-state index contributed by atoms with van der Waals surface area (Å²) in [5.41, 5.74) is 1.13. The van der Waals surface area contributed by atoms with Gasteiger partial charge in [-0.2, -0.15) is 10.2 Å². The maximum Gasteiger partial charge on any atom is 0.0631 e. The van der Waals surface area contributed by atoms with Gasteiger partial charge in [-0.05, 0) is 50.7 Å². The summed E-state index contributed by atoms with van der Waals surface area (Å²) >= 11 is 0. The smallest absolute Gasteiger partial charge is 0.0631 e. The second-order valence-electron chi connectivity index (χ2n) is 6.90. The molecule has 0 amide bonds. The van der Waals surface area contributed by atoms with Crippen LogP contribution in [0.1, 0.15) is 103 Å². The predicted molar refractivity (Wildman–Crippen MR) is 105 cm³/mol. The number of nitrogens with zero attached hydrogens (tertiary/aromatic N) is 2. The quantitative estimate of drug-likeness (QED) is 0.239. The summed E-state index contributed by atoms with van der Waals surface area (Å²) in [4.78, 5) is 0. The fourth-order valence-electron chi connectivity index (χ4n) is 3.02. The van der Waals surface area contributed by atoms with E-state index in [0.29, 0.717) is 0 Å². The number of hydrogen-bond acceptors (Lipinski definition) is 2. The molecule has 1 aromatic heterocycles. The summed E-state index contributed by atoms with van der Waals surface area (Å²) in [7, 11) is 0. The molecular formula is C22H38N2. The summed E-state index contributed by atoms with van der Waals surface area (Å²) in [6.45, 7) is 2.28. The number of hydrogen-bond donors (Lipinski definition) is 0. The summed E-state index contributed by atoms with van der Waals surface area (Å²) in [6, 6.07) is 4.05. The fraction of sp³-hybridized carbons (Fsp3) is 0.727. The van der Waals surface area contributed by atoms with Crippen LogP contribution in [0.25, 0.3) is 0 Å². The molecule has 0 saturated carbocycles. The van der Waals surface area contributed by atoms with Gasteiger partial charge in [0, 0.05) is 6.20 Å². The highest BCUT2D eigenvalue weighted by atomic mass is 15.1. The topological polar surface area (TPSA) is 25.8 Å². The van der Waals surface area contributed by atoms with Crippen LogP contribution >= 0.6 is 0 Å². The molecule has 0 aliphatic rings. The first kappa shape index (κ1) is 20.9. The first-order valence-electron chi connectivity index (χ1n) is 10.3. The summed E-state index contributed by atoms with van der Waals surface area (Å²) in [5, 5.41) is 8.05. The minimum Gasteiger partial charge on any atom is -0.159 e. The number of aryl methyl sites for hydroxylation is 1. The zero-order valence-electron chi connectivity index (χ0n) is 15.9. The zero-order valence-corrected chi connectivity index (χ0v) is 15.9. The van der Waals surface area contributed by atoms with Crippen LogP contribution in [0, 0.1) is 0 Å². The molecule has 0 N–H and O–H groups in total. The molecule has 0 unspecified atom stereocenters. The van der Waals surface area contributed by atoms with Crippen molar-refractivity contribution in [3.8, 4) is 0 Å². The predicted octanol–water partition coefficient (Wildman–Crippen LogP) is 7.06. The van der Waals surface area contributed by atoms with E-state index in [9.17, 15) is 0 Å². The van der Waals surface area contributed by atoms with Crippen molar-refractivity contribution in [1.29, 1.82) is 0 Å². The molecule has 136 valence electrons. The largest absolute Gasteiger partial charge is 0.159 e. The Hall–Kier alpha value is -1.18. The molecule has 0 radical (unpaired) electrons. The first-order valence-corrected chi connectivity index (χ1v) is 10.3. The Morgan fingerprint density at radius 1 is 0.750 bits per heavy atom. The van der Waals surface area contributed by atoms with Gasteiger partial charge >= 0.3 is 0 Å². The molecule has 0 aliphatic carbocycles. The molecule has 0 bridgehead atoms. The van der Waals surface area contributed by atoms with Gasteiger partial charge in [0.25, 0.3) is 0 Å². The summed E-state index contributed by atoms with van der Waals surface area (Å²) in [6.07, 6.45) is 26.7. The van der Waals surface area contributed by atoms with Crippen LogP contribution in [0.4, 0.5) is 0 Å². The highest BCUT2D eigenvalue weighted by Gasteiger charge is 1.95. The average molecular weight is 331 g/mol. The van der Waals surface area contributed by atoms with Gasteiger partial charge < -0.3 is 0 Å². The van der Waals surface area contributed by atoms with Crippen molar-refractivity contribution >= 4 is 0 Å². The SMILES string of the molecule is CCCCCCCCC=CCCCCCCCCc1cccnn1. The second kappa shape index (κ2) is 16.7. The molecule has 0 atom stereocenters. The van der Waals surface area contributed by atoms with Gasteiger partial charge in [0.15, 0.2) is 0 Å². The normalized spacial score (nSPS) is 11.4. The van der Waals surface area contributed by atoms with Crippen molar-refractivity contribution in [3.05, 3.63) is 36.2 Å². The Morgan fingerprint density at radius 2 is 1.33 bits per heavy atom. The third-order valence-electron chi connectivity index (χ3n) is 4.57. The maximum atomic E-state index is 4.13. The lowest BCUT2D eigenvalue weighted by Gasteiger charge is -2.01. The first-order chi connectivity index (χ1) is 11.9. The van der Waals surface area contributed by atoms with Crippen LogP contribution in [0.3, 0.4) is 0 Å². The Labute approximate surface area is 150 Å². The van der Waals surface area contributed by atoms with E-state index in [1.807, 2.05) is 6.07 Å². The van der Waals surface area contributed by atoms with Crippen molar-refractivity contribution in [1.82, 2.24) is 10.2 Å². The molecule has 1 rings (SSSR count). The van der Waals surface area contributed by atoms with E-state index in [0.717, 1.165) is 12.1 Å². The molecule has 2 nitrogen and oxygen atoms in total. The Bertz CT molecular complexity index is 386. The number of allylic oxidation sites excluding steroid dienone is 2. The van der Waals surface area contributed by atoms with Crippen LogP contribution in [-0.2, 0) is 6.42 Å². The average Bonchev–Trinajstić information content (AvgIpc) is 2.62. The Morgan fingerprint density at radius 3 is 1.92 bits per heavy atom. The molecule has 1 heterocycles. The van der Waals surface area contributed by atoms with Gasteiger partial charge in [-0.15, -0.1) is 0 Å². The van der Waals surface area contributed by atoms with Gasteiger partial charge in [0.05, 0.1) is 5.69 Å². The van der Waals surface area contributed by atoms with Crippen molar-refractivity contribution in [3.63, 3.8) is 0 Å². The van der Waals surface area contributed by atoms with Gasteiger partial charge in [0.1, 0.15) is 0 Å². The maximum absolute atomic E-state index is 4.13. The third-order valence-corrected chi connectivity index (χ3v) is 4.57. The van der Waals surface area contributed by atoms with E-state index in [-0.39, 0.29) is 0 Å². The summed E-state index contributed by atoms with van der Waals surface area (Å²) in [5.74, 6) is 0. The van der Waals surface area contributed by atoms with Crippen molar-refractivity contribution < 1.29 is 0 Å². The van der Waals surface area contributed by atoms with Crippen molar-refractivity contribution in [2.45, 2.75) is 103 Å². The Balaban J connectivity index is 1.76. The number of rotatable bonds is 16. The molecule has 0 aromatic carbocycles. The molecule has 0 fully saturated rings. The lowest BCUT2D eigenvalue weighted by Crippen LogP contribution is -1.91. The lowest BCUT2D eigenvalue weighted by atomic mass is 10.1. The molecule has 24 heavy (non-hydrogen) atoms. The number of aromatic nitrogens is 2. The van der Waals surface area contributed by atoms with Gasteiger partial charge in [-0.1, -0.05) is 76.9 Å². The van der Waals surface area contributed by atoms with E-state index >= 15 is 0 Å². The lowest BCUT2D eigenvalue weighted by molar-refractivity contribution is 0.592. The van der Waals surface area contributed by atoms with E-state index in [1.165, 1.54) is 89.9 Å². The monoisotopic (exact) mass is 330 g/mol. The van der Waals surface area contributed by atoms with Crippen LogP contribution in [0.2, 0.25) is 0 Å². The molecule has 0 saturated heterocycles. The van der Waals surface area contributed by atoms with E-state index < -0.39 is 0 Å². The minimum absolute atomic E-state index is 1.08. The molecule has 0 aliphatic heterocycles. The van der Waals surface area contributed by atoms with E-state index in [4.69, 9.17) is 0 Å². The van der Waals surface area contributed by atoms with Crippen molar-refractivity contribution in [2.75, 3.05) is 0 Å². The van der Waals surface area contributed by atoms with Gasteiger partial charge in [-0.25, -0.2) is 0 Å². The minimum atomic E-state index is 1.08. The highest BCUT2D eigenvalue weighted by molar-refractivity contribution is 4.98. The van der Waals surface area contributed by atoms with Crippen LogP contribution in [0.15, 0.2) is 30.5 Å².